The summed E-state index contributed by atoms with van der Waals surface area (Å²) >= 11 is 0. The van der Waals surface area contributed by atoms with Crippen LogP contribution in [-0.2, 0) is 6.54 Å². The summed E-state index contributed by atoms with van der Waals surface area (Å²) in [5.74, 6) is 0.748. The normalized spacial score (nSPS) is 21.7. The quantitative estimate of drug-likeness (QED) is 0.897. The number of nitrogens with zero attached hydrogens (tertiary/aromatic N) is 1. The van der Waals surface area contributed by atoms with Crippen molar-refractivity contribution in [1.29, 1.82) is 0 Å². The maximum Gasteiger partial charge on any atom is 0.169 e. The molecule has 3 nitrogen and oxygen atoms in total. The Morgan fingerprint density at radius 3 is 3.00 bits per heavy atom. The van der Waals surface area contributed by atoms with Crippen molar-refractivity contribution in [2.45, 2.75) is 32.9 Å². The molecule has 0 spiro atoms. The lowest BCUT2D eigenvalue weighted by atomic mass is 9.97. The first-order valence-electron chi connectivity index (χ1n) is 7.42. The third-order valence-corrected chi connectivity index (χ3v) is 4.28. The lowest BCUT2D eigenvalue weighted by Gasteiger charge is -2.36. The van der Waals surface area contributed by atoms with Gasteiger partial charge in [0.05, 0.1) is 7.11 Å². The van der Waals surface area contributed by atoms with E-state index in [4.69, 9.17) is 4.74 Å². The van der Waals surface area contributed by atoms with Gasteiger partial charge < -0.3 is 10.1 Å². The molecule has 1 fully saturated rings. The summed E-state index contributed by atoms with van der Waals surface area (Å²) in [6.07, 6.45) is 1.17. The van der Waals surface area contributed by atoms with Crippen molar-refractivity contribution in [2.75, 3.05) is 26.7 Å². The van der Waals surface area contributed by atoms with Crippen LogP contribution in [0.4, 0.5) is 4.39 Å². The van der Waals surface area contributed by atoms with Crippen molar-refractivity contribution in [3.8, 4) is 5.75 Å². The number of benzene rings is 1. The first-order chi connectivity index (χ1) is 9.65. The van der Waals surface area contributed by atoms with E-state index >= 15 is 0 Å². The number of methoxy groups -OCH3 is 1. The van der Waals surface area contributed by atoms with E-state index in [0.717, 1.165) is 19.6 Å². The van der Waals surface area contributed by atoms with Gasteiger partial charge in [0.2, 0.25) is 0 Å². The summed E-state index contributed by atoms with van der Waals surface area (Å²) in [6.45, 7) is 8.05. The van der Waals surface area contributed by atoms with Crippen molar-refractivity contribution in [2.24, 2.45) is 5.92 Å². The van der Waals surface area contributed by atoms with Crippen molar-refractivity contribution >= 4 is 0 Å². The van der Waals surface area contributed by atoms with E-state index in [2.05, 4.69) is 24.1 Å². The number of piperazine rings is 1. The minimum atomic E-state index is -0.228. The highest BCUT2D eigenvalue weighted by molar-refractivity contribution is 5.31. The molecular weight excluding hydrogens is 255 g/mol. The van der Waals surface area contributed by atoms with Crippen LogP contribution in [0.2, 0.25) is 0 Å². The van der Waals surface area contributed by atoms with Gasteiger partial charge in [0.15, 0.2) is 11.6 Å². The average Bonchev–Trinajstić information content (AvgIpc) is 2.49. The molecule has 0 aliphatic carbocycles. The van der Waals surface area contributed by atoms with E-state index in [1.54, 1.807) is 6.07 Å². The molecule has 2 unspecified atom stereocenters. The number of ether oxygens (including phenoxy) is 1. The van der Waals surface area contributed by atoms with Gasteiger partial charge >= 0.3 is 0 Å². The fourth-order valence-corrected chi connectivity index (χ4v) is 2.73. The zero-order valence-corrected chi connectivity index (χ0v) is 12.7. The van der Waals surface area contributed by atoms with Crippen LogP contribution in [0.3, 0.4) is 0 Å². The van der Waals surface area contributed by atoms with Crippen LogP contribution in [-0.4, -0.2) is 37.7 Å². The number of halogens is 1. The molecule has 0 amide bonds. The summed E-state index contributed by atoms with van der Waals surface area (Å²) in [5.41, 5.74) is 0.717. The molecule has 0 bridgehead atoms. The molecule has 2 rings (SSSR count). The average molecular weight is 280 g/mol. The molecule has 0 saturated carbocycles. The molecule has 1 aromatic rings. The predicted octanol–water partition coefficient (Wildman–Crippen LogP) is 2.65. The molecule has 2 atom stereocenters. The van der Waals surface area contributed by atoms with Gasteiger partial charge in [-0.05, 0) is 12.0 Å². The van der Waals surface area contributed by atoms with Gasteiger partial charge in [0, 0.05) is 37.8 Å². The Kier molecular flexibility index (Phi) is 5.38. The van der Waals surface area contributed by atoms with Crippen molar-refractivity contribution in [3.63, 3.8) is 0 Å². The standard InChI is InChI=1S/C16H25FN2O/c1-4-12(2)14-11-19(9-8-18-14)10-13-6-5-7-15(20-3)16(13)17/h5-7,12,14,18H,4,8-11H2,1-3H3. The lowest BCUT2D eigenvalue weighted by Crippen LogP contribution is -2.52. The minimum absolute atomic E-state index is 0.228. The smallest absolute Gasteiger partial charge is 0.169 e. The first kappa shape index (κ1) is 15.3. The van der Waals surface area contributed by atoms with Crippen molar-refractivity contribution in [3.05, 3.63) is 29.6 Å². The molecule has 112 valence electrons. The van der Waals surface area contributed by atoms with Crippen LogP contribution in [0.5, 0.6) is 5.75 Å². The third kappa shape index (κ3) is 3.49. The van der Waals surface area contributed by atoms with Crippen LogP contribution < -0.4 is 10.1 Å². The van der Waals surface area contributed by atoms with Crippen LogP contribution >= 0.6 is 0 Å². The van der Waals surface area contributed by atoms with Gasteiger partial charge in [0.25, 0.3) is 0 Å². The molecule has 1 aromatic carbocycles. The molecule has 0 aromatic heterocycles. The second-order valence-electron chi connectivity index (χ2n) is 5.61. The summed E-state index contributed by atoms with van der Waals surface area (Å²) < 4.78 is 19.2. The molecular formula is C16H25FN2O. The van der Waals surface area contributed by atoms with Crippen LogP contribution in [0, 0.1) is 11.7 Å². The Bertz CT molecular complexity index is 438. The highest BCUT2D eigenvalue weighted by Crippen LogP contribution is 2.22. The Balaban J connectivity index is 2.03. The first-order valence-corrected chi connectivity index (χ1v) is 7.42. The molecule has 1 aliphatic heterocycles. The fourth-order valence-electron chi connectivity index (χ4n) is 2.73. The SMILES string of the molecule is CCC(C)C1CN(Cc2cccc(OC)c2F)CCN1. The highest BCUT2D eigenvalue weighted by atomic mass is 19.1. The van der Waals surface area contributed by atoms with Gasteiger partial charge in [0.1, 0.15) is 0 Å². The highest BCUT2D eigenvalue weighted by Gasteiger charge is 2.24. The molecule has 0 radical (unpaired) electrons. The summed E-state index contributed by atoms with van der Waals surface area (Å²) in [7, 11) is 1.51. The number of nitrogens with one attached hydrogen (secondary N) is 1. The largest absolute Gasteiger partial charge is 0.494 e. The van der Waals surface area contributed by atoms with Crippen molar-refractivity contribution in [1.82, 2.24) is 10.2 Å². The van der Waals surface area contributed by atoms with E-state index in [-0.39, 0.29) is 5.82 Å². The molecule has 20 heavy (non-hydrogen) atoms. The topological polar surface area (TPSA) is 24.5 Å². The third-order valence-electron chi connectivity index (χ3n) is 4.28. The maximum absolute atomic E-state index is 14.2. The molecule has 1 heterocycles. The second-order valence-corrected chi connectivity index (χ2v) is 5.61. The number of hydrogen-bond acceptors (Lipinski definition) is 3. The zero-order valence-electron chi connectivity index (χ0n) is 12.7. The van der Waals surface area contributed by atoms with Crippen molar-refractivity contribution < 1.29 is 9.13 Å². The Morgan fingerprint density at radius 1 is 1.50 bits per heavy atom. The fraction of sp³-hybridized carbons (Fsp3) is 0.625. The Hall–Kier alpha value is -1.13. The summed E-state index contributed by atoms with van der Waals surface area (Å²) in [6, 6.07) is 5.87. The summed E-state index contributed by atoms with van der Waals surface area (Å²) in [4.78, 5) is 2.32. The minimum Gasteiger partial charge on any atom is -0.494 e. The lowest BCUT2D eigenvalue weighted by molar-refractivity contribution is 0.160. The van der Waals surface area contributed by atoms with E-state index < -0.39 is 0 Å². The van der Waals surface area contributed by atoms with E-state index in [1.165, 1.54) is 13.5 Å². The zero-order chi connectivity index (χ0) is 14.5. The molecule has 1 N–H and O–H groups in total. The van der Waals surface area contributed by atoms with Gasteiger partial charge in [-0.1, -0.05) is 32.4 Å². The molecule has 4 heteroatoms. The van der Waals surface area contributed by atoms with Crippen LogP contribution in [0.15, 0.2) is 18.2 Å². The molecule has 1 aliphatic rings. The van der Waals surface area contributed by atoms with Crippen LogP contribution in [0.1, 0.15) is 25.8 Å². The number of rotatable bonds is 5. The monoisotopic (exact) mass is 280 g/mol. The Labute approximate surface area is 121 Å². The van der Waals surface area contributed by atoms with E-state index in [0.29, 0.717) is 29.8 Å². The van der Waals surface area contributed by atoms with Gasteiger partial charge in [-0.2, -0.15) is 0 Å². The van der Waals surface area contributed by atoms with Gasteiger partial charge in [-0.15, -0.1) is 0 Å². The molecule has 1 saturated heterocycles. The maximum atomic E-state index is 14.2. The van der Waals surface area contributed by atoms with Gasteiger partial charge in [-0.3, -0.25) is 4.90 Å². The van der Waals surface area contributed by atoms with E-state index in [9.17, 15) is 4.39 Å². The summed E-state index contributed by atoms with van der Waals surface area (Å²) in [5, 5.41) is 3.56. The predicted molar refractivity (Wildman–Crippen MR) is 79.5 cm³/mol. The van der Waals surface area contributed by atoms with Crippen LogP contribution in [0.25, 0.3) is 0 Å². The van der Waals surface area contributed by atoms with E-state index in [1.807, 2.05) is 12.1 Å². The second kappa shape index (κ2) is 7.04. The Morgan fingerprint density at radius 2 is 2.30 bits per heavy atom. The number of hydrogen-bond donors (Lipinski definition) is 1. The van der Waals surface area contributed by atoms with Gasteiger partial charge in [-0.25, -0.2) is 4.39 Å².